The van der Waals surface area contributed by atoms with Crippen molar-refractivity contribution in [3.05, 3.63) is 27.8 Å². The van der Waals surface area contributed by atoms with E-state index in [0.29, 0.717) is 19.6 Å². The minimum atomic E-state index is -0.591. The van der Waals surface area contributed by atoms with E-state index in [4.69, 9.17) is 9.47 Å². The number of piperidine rings is 2. The highest BCUT2D eigenvalue weighted by Crippen LogP contribution is 2.36. The minimum Gasteiger partial charge on any atom is -0.493 e. The first-order chi connectivity index (χ1) is 14.5. The fourth-order valence-corrected chi connectivity index (χ4v) is 4.21. The summed E-state index contributed by atoms with van der Waals surface area (Å²) in [6.07, 6.45) is 4.59. The molecule has 2 fully saturated rings. The van der Waals surface area contributed by atoms with E-state index < -0.39 is 10.8 Å². The zero-order valence-corrected chi connectivity index (χ0v) is 17.6. The smallest absolute Gasteiger partial charge is 0.286 e. The Labute approximate surface area is 176 Å². The predicted molar refractivity (Wildman–Crippen MR) is 110 cm³/mol. The number of hydrogen-bond acceptors (Lipinski definition) is 6. The quantitative estimate of drug-likeness (QED) is 0.519. The van der Waals surface area contributed by atoms with Gasteiger partial charge in [-0.1, -0.05) is 0 Å². The molecule has 30 heavy (non-hydrogen) atoms. The summed E-state index contributed by atoms with van der Waals surface area (Å²) in [6.45, 7) is 4.40. The third-order valence-electron chi connectivity index (χ3n) is 5.73. The number of benzene rings is 1. The number of ether oxygens (including phenoxy) is 2. The average Bonchev–Trinajstić information content (AvgIpc) is 2.78. The second-order valence-electron chi connectivity index (χ2n) is 7.69. The molecule has 2 saturated heterocycles. The first-order valence-electron chi connectivity index (χ1n) is 10.5. The topological polar surface area (TPSA) is 102 Å². The largest absolute Gasteiger partial charge is 0.493 e. The van der Waals surface area contributed by atoms with Crippen molar-refractivity contribution in [3.63, 3.8) is 0 Å². The van der Waals surface area contributed by atoms with Gasteiger partial charge in [0.2, 0.25) is 5.91 Å². The van der Waals surface area contributed by atoms with Crippen molar-refractivity contribution in [2.75, 3.05) is 39.9 Å². The van der Waals surface area contributed by atoms with Crippen LogP contribution < -0.4 is 9.47 Å². The lowest BCUT2D eigenvalue weighted by molar-refractivity contribution is -0.385. The maximum absolute atomic E-state index is 13.2. The predicted octanol–water partition coefficient (Wildman–Crippen LogP) is 2.87. The fraction of sp³-hybridized carbons (Fsp3) is 0.619. The first-order valence-corrected chi connectivity index (χ1v) is 10.5. The van der Waals surface area contributed by atoms with Crippen molar-refractivity contribution in [1.82, 2.24) is 9.80 Å². The Morgan fingerprint density at radius 2 is 1.80 bits per heavy atom. The Morgan fingerprint density at radius 3 is 2.43 bits per heavy atom. The van der Waals surface area contributed by atoms with Crippen molar-refractivity contribution < 1.29 is 24.0 Å². The van der Waals surface area contributed by atoms with Gasteiger partial charge in [0.15, 0.2) is 11.5 Å². The molecule has 2 heterocycles. The maximum atomic E-state index is 13.2. The van der Waals surface area contributed by atoms with Gasteiger partial charge in [-0.2, -0.15) is 0 Å². The molecule has 0 bridgehead atoms. The van der Waals surface area contributed by atoms with Crippen LogP contribution in [0.1, 0.15) is 49.4 Å². The first kappa shape index (κ1) is 21.9. The van der Waals surface area contributed by atoms with Crippen LogP contribution in [0.25, 0.3) is 0 Å². The van der Waals surface area contributed by atoms with Gasteiger partial charge < -0.3 is 19.3 Å². The summed E-state index contributed by atoms with van der Waals surface area (Å²) < 4.78 is 10.7. The van der Waals surface area contributed by atoms with Crippen molar-refractivity contribution in [1.29, 1.82) is 0 Å². The Hall–Kier alpha value is -2.84. The summed E-state index contributed by atoms with van der Waals surface area (Å²) in [5.41, 5.74) is -0.375. The van der Waals surface area contributed by atoms with Crippen LogP contribution in [0.3, 0.4) is 0 Å². The number of nitro benzene ring substituents is 1. The number of amides is 2. The van der Waals surface area contributed by atoms with Gasteiger partial charge in [0, 0.05) is 32.2 Å². The summed E-state index contributed by atoms with van der Waals surface area (Å²) in [5, 5.41) is 11.6. The number of hydrogen-bond donors (Lipinski definition) is 0. The second-order valence-corrected chi connectivity index (χ2v) is 7.69. The molecule has 3 rings (SSSR count). The zero-order valence-electron chi connectivity index (χ0n) is 17.6. The highest BCUT2D eigenvalue weighted by atomic mass is 16.6. The molecule has 0 saturated carbocycles. The lowest BCUT2D eigenvalue weighted by Gasteiger charge is -2.36. The number of carbonyl (C=O) groups is 2. The van der Waals surface area contributed by atoms with Crippen LogP contribution in [0.15, 0.2) is 12.1 Å². The van der Waals surface area contributed by atoms with Gasteiger partial charge in [-0.15, -0.1) is 0 Å². The lowest BCUT2D eigenvalue weighted by Crippen LogP contribution is -2.48. The Bertz CT molecular complexity index is 806. The molecule has 0 unspecified atom stereocenters. The SMILES string of the molecule is CCOc1cc(C(=O)N2CCC[C@H](C(=O)N3CCCCC3)C2)c([N+](=O)[O-])cc1OC. The van der Waals surface area contributed by atoms with E-state index in [-0.39, 0.29) is 41.1 Å². The number of rotatable bonds is 6. The van der Waals surface area contributed by atoms with E-state index in [1.54, 1.807) is 11.8 Å². The standard InChI is InChI=1S/C21H29N3O6/c1-3-30-19-12-16(17(24(27)28)13-18(19)29-2)21(26)23-11-7-8-15(14-23)20(25)22-9-5-4-6-10-22/h12-13,15H,3-11,14H2,1-2H3/t15-/m0/s1. The summed E-state index contributed by atoms with van der Waals surface area (Å²) in [4.78, 5) is 40.6. The molecule has 2 aliphatic heterocycles. The van der Waals surface area contributed by atoms with E-state index in [9.17, 15) is 19.7 Å². The number of likely N-dealkylation sites (tertiary alicyclic amines) is 2. The molecule has 2 aliphatic rings. The van der Waals surface area contributed by atoms with E-state index in [0.717, 1.165) is 38.8 Å². The Kier molecular flexibility index (Phi) is 7.12. The molecule has 9 heteroatoms. The Morgan fingerprint density at radius 1 is 1.10 bits per heavy atom. The normalized spacial score (nSPS) is 19.3. The highest BCUT2D eigenvalue weighted by molar-refractivity contribution is 5.99. The van der Waals surface area contributed by atoms with Gasteiger partial charge in [0.25, 0.3) is 11.6 Å². The van der Waals surface area contributed by atoms with Crippen LogP contribution >= 0.6 is 0 Å². The van der Waals surface area contributed by atoms with Crippen molar-refractivity contribution in [3.8, 4) is 11.5 Å². The van der Waals surface area contributed by atoms with Crippen LogP contribution in [0, 0.1) is 16.0 Å². The van der Waals surface area contributed by atoms with E-state index in [1.165, 1.54) is 19.2 Å². The molecule has 0 radical (unpaired) electrons. The van der Waals surface area contributed by atoms with Gasteiger partial charge in [-0.3, -0.25) is 19.7 Å². The van der Waals surface area contributed by atoms with Gasteiger partial charge >= 0.3 is 0 Å². The number of nitrogens with zero attached hydrogens (tertiary/aromatic N) is 3. The summed E-state index contributed by atoms with van der Waals surface area (Å²) in [7, 11) is 1.39. The van der Waals surface area contributed by atoms with Crippen LogP contribution in [0.2, 0.25) is 0 Å². The molecule has 164 valence electrons. The third kappa shape index (κ3) is 4.66. The molecule has 0 N–H and O–H groups in total. The number of nitro groups is 1. The molecule has 0 aliphatic carbocycles. The van der Waals surface area contributed by atoms with Crippen LogP contribution in [0.5, 0.6) is 11.5 Å². The second kappa shape index (κ2) is 9.77. The molecule has 1 aromatic carbocycles. The van der Waals surface area contributed by atoms with Gasteiger partial charge in [0.05, 0.1) is 30.6 Å². The third-order valence-corrected chi connectivity index (χ3v) is 5.73. The van der Waals surface area contributed by atoms with Crippen molar-refractivity contribution >= 4 is 17.5 Å². The average molecular weight is 419 g/mol. The van der Waals surface area contributed by atoms with Gasteiger partial charge in [-0.25, -0.2) is 0 Å². The van der Waals surface area contributed by atoms with Crippen molar-refractivity contribution in [2.24, 2.45) is 5.92 Å². The van der Waals surface area contributed by atoms with Crippen molar-refractivity contribution in [2.45, 2.75) is 39.0 Å². The van der Waals surface area contributed by atoms with Crippen LogP contribution in [0.4, 0.5) is 5.69 Å². The fourth-order valence-electron chi connectivity index (χ4n) is 4.21. The minimum absolute atomic E-state index is 0.0460. The molecule has 1 aromatic rings. The van der Waals surface area contributed by atoms with E-state index in [2.05, 4.69) is 0 Å². The summed E-state index contributed by atoms with van der Waals surface area (Å²) >= 11 is 0. The van der Waals surface area contributed by atoms with Crippen LogP contribution in [-0.4, -0.2) is 66.4 Å². The van der Waals surface area contributed by atoms with Crippen LogP contribution in [-0.2, 0) is 4.79 Å². The number of methoxy groups -OCH3 is 1. The zero-order chi connectivity index (χ0) is 21.7. The molecule has 0 aromatic heterocycles. The molecule has 1 atom stereocenters. The number of carbonyl (C=O) groups excluding carboxylic acids is 2. The Balaban J connectivity index is 1.83. The monoisotopic (exact) mass is 419 g/mol. The highest BCUT2D eigenvalue weighted by Gasteiger charge is 2.34. The molecular formula is C21H29N3O6. The maximum Gasteiger partial charge on any atom is 0.286 e. The van der Waals surface area contributed by atoms with Gasteiger partial charge in [0.1, 0.15) is 5.56 Å². The molecular weight excluding hydrogens is 390 g/mol. The molecule has 9 nitrogen and oxygen atoms in total. The molecule has 2 amide bonds. The molecule has 0 spiro atoms. The summed E-state index contributed by atoms with van der Waals surface area (Å²) in [6, 6.07) is 2.59. The lowest BCUT2D eigenvalue weighted by atomic mass is 9.94. The summed E-state index contributed by atoms with van der Waals surface area (Å²) in [5.74, 6) is -0.138. The van der Waals surface area contributed by atoms with Gasteiger partial charge in [-0.05, 0) is 39.0 Å². The van der Waals surface area contributed by atoms with E-state index in [1.807, 2.05) is 4.90 Å². The van der Waals surface area contributed by atoms with E-state index >= 15 is 0 Å².